The molecule has 0 bridgehead atoms. The van der Waals surface area contributed by atoms with Gasteiger partial charge in [-0.3, -0.25) is 0 Å². The first-order valence-electron chi connectivity index (χ1n) is 6.85. The molecule has 1 saturated heterocycles. The highest BCUT2D eigenvalue weighted by molar-refractivity contribution is 5.32. The van der Waals surface area contributed by atoms with E-state index in [1.165, 1.54) is 0 Å². The first kappa shape index (κ1) is 14.2. The van der Waals surface area contributed by atoms with Crippen molar-refractivity contribution in [3.05, 3.63) is 18.0 Å². The Morgan fingerprint density at radius 3 is 2.63 bits per heavy atom. The molecule has 2 heterocycles. The van der Waals surface area contributed by atoms with Crippen molar-refractivity contribution in [2.24, 2.45) is 5.73 Å². The lowest BCUT2D eigenvalue weighted by Gasteiger charge is -2.41. The molecular weight excluding hydrogens is 240 g/mol. The molecule has 5 nitrogen and oxygen atoms in total. The lowest BCUT2D eigenvalue weighted by Crippen LogP contribution is -2.52. The van der Waals surface area contributed by atoms with Gasteiger partial charge >= 0.3 is 0 Å². The predicted molar refractivity (Wildman–Crippen MR) is 76.2 cm³/mol. The molecule has 0 radical (unpaired) electrons. The summed E-state index contributed by atoms with van der Waals surface area (Å²) in [6.07, 6.45) is 4.75. The molecular formula is C14H24N4O. The highest BCUT2D eigenvalue weighted by Gasteiger charge is 2.32. The quantitative estimate of drug-likeness (QED) is 0.893. The molecule has 1 fully saturated rings. The average Bonchev–Trinajstić information content (AvgIpc) is 2.26. The predicted octanol–water partition coefficient (Wildman–Crippen LogP) is 1.37. The second kappa shape index (κ2) is 5.43. The smallest absolute Gasteiger partial charge is 0.225 e. The molecule has 1 aromatic rings. The topological polar surface area (TPSA) is 64.3 Å². The van der Waals surface area contributed by atoms with Gasteiger partial charge in [-0.25, -0.2) is 9.97 Å². The van der Waals surface area contributed by atoms with Gasteiger partial charge in [-0.2, -0.15) is 0 Å². The molecule has 2 atom stereocenters. The van der Waals surface area contributed by atoms with Gasteiger partial charge < -0.3 is 15.4 Å². The molecule has 5 heteroatoms. The fraction of sp³-hybridized carbons (Fsp3) is 0.714. The number of rotatable bonds is 3. The largest absolute Gasteiger partial charge is 0.369 e. The summed E-state index contributed by atoms with van der Waals surface area (Å²) in [5.41, 5.74) is 6.70. The van der Waals surface area contributed by atoms with Crippen LogP contribution in [0.15, 0.2) is 12.4 Å². The number of hydrogen-bond donors (Lipinski definition) is 1. The first-order valence-corrected chi connectivity index (χ1v) is 6.85. The van der Waals surface area contributed by atoms with Gasteiger partial charge in [0, 0.05) is 31.5 Å². The zero-order valence-corrected chi connectivity index (χ0v) is 12.3. The maximum Gasteiger partial charge on any atom is 0.225 e. The van der Waals surface area contributed by atoms with Crippen LogP contribution in [0.25, 0.3) is 0 Å². The van der Waals surface area contributed by atoms with Crippen LogP contribution in [0, 0.1) is 0 Å². The molecule has 1 aromatic heterocycles. The van der Waals surface area contributed by atoms with Crippen LogP contribution in [0.4, 0.5) is 5.95 Å². The van der Waals surface area contributed by atoms with E-state index in [0.717, 1.165) is 31.0 Å². The Kier molecular flexibility index (Phi) is 4.06. The normalized spacial score (nSPS) is 24.3. The van der Waals surface area contributed by atoms with Gasteiger partial charge in [0.25, 0.3) is 0 Å². The number of anilines is 1. The standard InChI is InChI=1S/C14H24N4O/c1-10(15)5-12-6-16-13(17-7-12)18-8-11(2)19-14(3,4)9-18/h6-7,10-11H,5,8-9,15H2,1-4H3. The molecule has 0 aliphatic carbocycles. The lowest BCUT2D eigenvalue weighted by molar-refractivity contribution is -0.0753. The van der Waals surface area contributed by atoms with E-state index in [9.17, 15) is 0 Å². The second-order valence-electron chi connectivity index (χ2n) is 6.14. The summed E-state index contributed by atoms with van der Waals surface area (Å²) in [6, 6.07) is 0.136. The van der Waals surface area contributed by atoms with E-state index in [4.69, 9.17) is 10.5 Å². The Labute approximate surface area is 115 Å². The van der Waals surface area contributed by atoms with Gasteiger partial charge in [0.2, 0.25) is 5.95 Å². The minimum atomic E-state index is -0.161. The minimum absolute atomic E-state index is 0.136. The van der Waals surface area contributed by atoms with Crippen LogP contribution in [0.2, 0.25) is 0 Å². The average molecular weight is 264 g/mol. The summed E-state index contributed by atoms with van der Waals surface area (Å²) in [4.78, 5) is 11.1. The summed E-state index contributed by atoms with van der Waals surface area (Å²) in [7, 11) is 0. The summed E-state index contributed by atoms with van der Waals surface area (Å²) in [5, 5.41) is 0. The minimum Gasteiger partial charge on any atom is -0.369 e. The number of morpholine rings is 1. The van der Waals surface area contributed by atoms with Crippen molar-refractivity contribution in [3.8, 4) is 0 Å². The molecule has 2 rings (SSSR count). The lowest BCUT2D eigenvalue weighted by atomic mass is 10.1. The molecule has 19 heavy (non-hydrogen) atoms. The Bertz CT molecular complexity index is 416. The fourth-order valence-corrected chi connectivity index (χ4v) is 2.59. The van der Waals surface area contributed by atoms with Crippen molar-refractivity contribution in [1.82, 2.24) is 9.97 Å². The SMILES string of the molecule is CC(N)Cc1cnc(N2CC(C)OC(C)(C)C2)nc1. The van der Waals surface area contributed by atoms with E-state index >= 15 is 0 Å². The van der Waals surface area contributed by atoms with Crippen LogP contribution >= 0.6 is 0 Å². The van der Waals surface area contributed by atoms with E-state index in [0.29, 0.717) is 0 Å². The van der Waals surface area contributed by atoms with Crippen molar-refractivity contribution in [3.63, 3.8) is 0 Å². The maximum absolute atomic E-state index is 5.89. The Morgan fingerprint density at radius 1 is 1.47 bits per heavy atom. The summed E-state index contributed by atoms with van der Waals surface area (Å²) in [5.74, 6) is 0.775. The number of aromatic nitrogens is 2. The van der Waals surface area contributed by atoms with Gasteiger partial charge in [-0.1, -0.05) is 0 Å². The third kappa shape index (κ3) is 3.88. The van der Waals surface area contributed by atoms with Gasteiger partial charge in [0.1, 0.15) is 0 Å². The summed E-state index contributed by atoms with van der Waals surface area (Å²) >= 11 is 0. The van der Waals surface area contributed by atoms with Crippen LogP contribution in [-0.2, 0) is 11.2 Å². The van der Waals surface area contributed by atoms with Crippen LogP contribution in [0.3, 0.4) is 0 Å². The van der Waals surface area contributed by atoms with E-state index < -0.39 is 0 Å². The Hall–Kier alpha value is -1.20. The van der Waals surface area contributed by atoms with Crippen LogP contribution in [-0.4, -0.2) is 40.8 Å². The zero-order valence-electron chi connectivity index (χ0n) is 12.3. The molecule has 106 valence electrons. The highest BCUT2D eigenvalue weighted by atomic mass is 16.5. The van der Waals surface area contributed by atoms with Crippen molar-refractivity contribution in [2.75, 3.05) is 18.0 Å². The summed E-state index contributed by atoms with van der Waals surface area (Å²) < 4.78 is 5.89. The zero-order chi connectivity index (χ0) is 14.0. The van der Waals surface area contributed by atoms with E-state index in [1.807, 2.05) is 19.3 Å². The van der Waals surface area contributed by atoms with E-state index in [2.05, 4.69) is 35.6 Å². The van der Waals surface area contributed by atoms with Crippen molar-refractivity contribution in [2.45, 2.75) is 51.9 Å². The molecule has 0 aromatic carbocycles. The molecule has 1 aliphatic heterocycles. The molecule has 1 aliphatic rings. The Balaban J connectivity index is 2.09. The molecule has 2 unspecified atom stereocenters. The van der Waals surface area contributed by atoms with E-state index in [-0.39, 0.29) is 17.7 Å². The summed E-state index contributed by atoms with van der Waals surface area (Å²) in [6.45, 7) is 9.90. The van der Waals surface area contributed by atoms with Crippen LogP contribution in [0.5, 0.6) is 0 Å². The fourth-order valence-electron chi connectivity index (χ4n) is 2.59. The number of nitrogens with two attached hydrogens (primary N) is 1. The van der Waals surface area contributed by atoms with Gasteiger partial charge in [-0.15, -0.1) is 0 Å². The van der Waals surface area contributed by atoms with Gasteiger partial charge in [0.05, 0.1) is 11.7 Å². The molecule has 2 N–H and O–H groups in total. The van der Waals surface area contributed by atoms with Crippen LogP contribution in [0.1, 0.15) is 33.3 Å². The second-order valence-corrected chi connectivity index (χ2v) is 6.14. The number of ether oxygens (including phenoxy) is 1. The van der Waals surface area contributed by atoms with Crippen molar-refractivity contribution >= 4 is 5.95 Å². The molecule has 0 amide bonds. The number of nitrogens with zero attached hydrogens (tertiary/aromatic N) is 3. The van der Waals surface area contributed by atoms with Crippen LogP contribution < -0.4 is 10.6 Å². The monoisotopic (exact) mass is 264 g/mol. The first-order chi connectivity index (χ1) is 8.85. The highest BCUT2D eigenvalue weighted by Crippen LogP contribution is 2.23. The van der Waals surface area contributed by atoms with Gasteiger partial charge in [0.15, 0.2) is 0 Å². The number of hydrogen-bond acceptors (Lipinski definition) is 5. The third-order valence-corrected chi connectivity index (χ3v) is 3.10. The third-order valence-electron chi connectivity index (χ3n) is 3.10. The molecule has 0 saturated carbocycles. The van der Waals surface area contributed by atoms with Crippen molar-refractivity contribution < 1.29 is 4.74 Å². The van der Waals surface area contributed by atoms with Crippen molar-refractivity contribution in [1.29, 1.82) is 0 Å². The van der Waals surface area contributed by atoms with Gasteiger partial charge in [-0.05, 0) is 39.7 Å². The Morgan fingerprint density at radius 2 is 2.11 bits per heavy atom. The molecule has 0 spiro atoms. The maximum atomic E-state index is 5.89. The van der Waals surface area contributed by atoms with E-state index in [1.54, 1.807) is 0 Å².